The first kappa shape index (κ1) is 13.8. The van der Waals surface area contributed by atoms with Crippen LogP contribution in [0.2, 0.25) is 0 Å². The van der Waals surface area contributed by atoms with Gasteiger partial charge in [-0.15, -0.1) is 0 Å². The number of halogens is 3. The van der Waals surface area contributed by atoms with Crippen LogP contribution in [-0.2, 0) is 0 Å². The van der Waals surface area contributed by atoms with Gasteiger partial charge in [-0.3, -0.25) is 5.41 Å². The molecule has 1 aromatic carbocycles. The Bertz CT molecular complexity index is 459. The lowest BCUT2D eigenvalue weighted by molar-refractivity contribution is -0.122. The Morgan fingerprint density at radius 2 is 2.06 bits per heavy atom. The van der Waals surface area contributed by atoms with Gasteiger partial charge in [0.2, 0.25) is 0 Å². The highest BCUT2D eigenvalue weighted by molar-refractivity contribution is 5.97. The second kappa shape index (κ2) is 5.39. The summed E-state index contributed by atoms with van der Waals surface area (Å²) in [6.45, 7) is -1.41. The van der Waals surface area contributed by atoms with Crippen LogP contribution in [0.5, 0.6) is 0 Å². The van der Waals surface area contributed by atoms with Gasteiger partial charge >= 0.3 is 12.2 Å². The van der Waals surface area contributed by atoms with Crippen LogP contribution >= 0.6 is 0 Å². The number of nitrogens with one attached hydrogen (secondary N) is 3. The molecule has 0 aliphatic rings. The van der Waals surface area contributed by atoms with E-state index in [9.17, 15) is 18.0 Å². The molecule has 0 aliphatic carbocycles. The number of rotatable bonds is 3. The number of hydrogen-bond donors (Lipinski definition) is 4. The summed E-state index contributed by atoms with van der Waals surface area (Å²) in [7, 11) is 0. The summed E-state index contributed by atoms with van der Waals surface area (Å²) in [4.78, 5) is 11.1. The van der Waals surface area contributed by atoms with Crippen molar-refractivity contribution in [3.05, 3.63) is 29.8 Å². The van der Waals surface area contributed by atoms with Crippen molar-refractivity contribution in [2.24, 2.45) is 5.73 Å². The van der Waals surface area contributed by atoms with E-state index in [1.165, 1.54) is 18.2 Å². The molecule has 98 valence electrons. The molecule has 2 amide bonds. The Hall–Kier alpha value is -2.25. The molecule has 0 saturated carbocycles. The van der Waals surface area contributed by atoms with E-state index in [0.29, 0.717) is 5.56 Å². The van der Waals surface area contributed by atoms with Crippen LogP contribution in [0.3, 0.4) is 0 Å². The SMILES string of the molecule is N=C(N)c1cccc(NC(=O)NCC(F)(F)F)c1. The Balaban J connectivity index is 2.59. The van der Waals surface area contributed by atoms with Crippen molar-refractivity contribution in [1.29, 1.82) is 5.41 Å². The number of hydrogen-bond acceptors (Lipinski definition) is 2. The minimum atomic E-state index is -4.46. The van der Waals surface area contributed by atoms with Crippen LogP contribution in [0, 0.1) is 5.41 Å². The molecular formula is C10H11F3N4O. The summed E-state index contributed by atoms with van der Waals surface area (Å²) >= 11 is 0. The van der Waals surface area contributed by atoms with Crippen molar-refractivity contribution in [2.75, 3.05) is 11.9 Å². The lowest BCUT2D eigenvalue weighted by Gasteiger charge is -2.10. The van der Waals surface area contributed by atoms with E-state index in [1.54, 1.807) is 11.4 Å². The third-order valence-corrected chi connectivity index (χ3v) is 1.88. The normalized spacial score (nSPS) is 10.8. The topological polar surface area (TPSA) is 91.0 Å². The number of urea groups is 1. The van der Waals surface area contributed by atoms with Gasteiger partial charge in [-0.1, -0.05) is 12.1 Å². The van der Waals surface area contributed by atoms with E-state index < -0.39 is 18.8 Å². The fourth-order valence-corrected chi connectivity index (χ4v) is 1.12. The Labute approximate surface area is 101 Å². The molecule has 0 fully saturated rings. The molecule has 0 atom stereocenters. The van der Waals surface area contributed by atoms with Crippen molar-refractivity contribution in [3.63, 3.8) is 0 Å². The van der Waals surface area contributed by atoms with E-state index in [4.69, 9.17) is 11.1 Å². The number of carbonyl (C=O) groups is 1. The molecule has 8 heteroatoms. The second-order valence-electron chi connectivity index (χ2n) is 3.42. The minimum absolute atomic E-state index is 0.200. The number of benzene rings is 1. The number of alkyl halides is 3. The molecule has 18 heavy (non-hydrogen) atoms. The van der Waals surface area contributed by atoms with Crippen molar-refractivity contribution in [1.82, 2.24) is 5.32 Å². The van der Waals surface area contributed by atoms with Crippen molar-refractivity contribution in [2.45, 2.75) is 6.18 Å². The average Bonchev–Trinajstić information content (AvgIpc) is 2.26. The van der Waals surface area contributed by atoms with Gasteiger partial charge in [0.15, 0.2) is 0 Å². The highest BCUT2D eigenvalue weighted by Crippen LogP contribution is 2.13. The van der Waals surface area contributed by atoms with Crippen LogP contribution in [0.25, 0.3) is 0 Å². The van der Waals surface area contributed by atoms with E-state index in [0.717, 1.165) is 0 Å². The summed E-state index contributed by atoms with van der Waals surface area (Å²) in [5.41, 5.74) is 5.85. The Morgan fingerprint density at radius 1 is 1.39 bits per heavy atom. The van der Waals surface area contributed by atoms with E-state index in [1.807, 2.05) is 0 Å². The smallest absolute Gasteiger partial charge is 0.384 e. The third-order valence-electron chi connectivity index (χ3n) is 1.88. The molecule has 1 rings (SSSR count). The molecular weight excluding hydrogens is 249 g/mol. The highest BCUT2D eigenvalue weighted by atomic mass is 19.4. The standard InChI is InChI=1S/C10H11F3N4O/c11-10(12,13)5-16-9(18)17-7-3-1-2-6(4-7)8(14)15/h1-4H,5H2,(H3,14,15)(H2,16,17,18). The highest BCUT2D eigenvalue weighted by Gasteiger charge is 2.27. The van der Waals surface area contributed by atoms with Crippen LogP contribution in [0.4, 0.5) is 23.7 Å². The second-order valence-corrected chi connectivity index (χ2v) is 3.42. The number of carbonyl (C=O) groups excluding carboxylic acids is 1. The van der Waals surface area contributed by atoms with Crippen LogP contribution in [0.1, 0.15) is 5.56 Å². The predicted molar refractivity (Wildman–Crippen MR) is 60.5 cm³/mol. The molecule has 1 aromatic rings. The fraction of sp³-hybridized carbons (Fsp3) is 0.200. The summed E-state index contributed by atoms with van der Waals surface area (Å²) in [6, 6.07) is 4.94. The molecule has 0 bridgehead atoms. The number of anilines is 1. The first-order chi connectivity index (χ1) is 8.28. The first-order valence-electron chi connectivity index (χ1n) is 4.84. The molecule has 0 radical (unpaired) electrons. The minimum Gasteiger partial charge on any atom is -0.384 e. The predicted octanol–water partition coefficient (Wildman–Crippen LogP) is 1.65. The number of nitrogens with two attached hydrogens (primary N) is 1. The molecule has 5 N–H and O–H groups in total. The Kier molecular flexibility index (Phi) is 4.13. The van der Waals surface area contributed by atoms with E-state index >= 15 is 0 Å². The van der Waals surface area contributed by atoms with Crippen LogP contribution < -0.4 is 16.4 Å². The molecule has 0 unspecified atom stereocenters. The Morgan fingerprint density at radius 3 is 2.61 bits per heavy atom. The van der Waals surface area contributed by atoms with Gasteiger partial charge in [0.1, 0.15) is 12.4 Å². The van der Waals surface area contributed by atoms with Crippen molar-refractivity contribution in [3.8, 4) is 0 Å². The molecule has 0 spiro atoms. The van der Waals surface area contributed by atoms with Crippen LogP contribution in [0.15, 0.2) is 24.3 Å². The average molecular weight is 260 g/mol. The first-order valence-corrected chi connectivity index (χ1v) is 4.84. The lowest BCUT2D eigenvalue weighted by Crippen LogP contribution is -2.36. The van der Waals surface area contributed by atoms with Crippen molar-refractivity contribution < 1.29 is 18.0 Å². The summed E-state index contributed by atoms with van der Waals surface area (Å²) in [6.07, 6.45) is -4.46. The number of amidine groups is 1. The molecule has 0 heterocycles. The van der Waals surface area contributed by atoms with Gasteiger partial charge in [-0.25, -0.2) is 4.79 Å². The largest absolute Gasteiger partial charge is 0.405 e. The van der Waals surface area contributed by atoms with Gasteiger partial charge in [-0.05, 0) is 12.1 Å². The quantitative estimate of drug-likeness (QED) is 0.491. The fourth-order valence-electron chi connectivity index (χ4n) is 1.12. The molecule has 5 nitrogen and oxygen atoms in total. The van der Waals surface area contributed by atoms with Gasteiger partial charge in [-0.2, -0.15) is 13.2 Å². The maximum atomic E-state index is 11.8. The van der Waals surface area contributed by atoms with Crippen LogP contribution in [-0.4, -0.2) is 24.6 Å². The number of amides is 2. The maximum Gasteiger partial charge on any atom is 0.405 e. The van der Waals surface area contributed by atoms with Crippen molar-refractivity contribution >= 4 is 17.6 Å². The maximum absolute atomic E-state index is 11.8. The zero-order valence-corrected chi connectivity index (χ0v) is 9.14. The summed E-state index contributed by atoms with van der Waals surface area (Å²) in [5.74, 6) is -0.200. The summed E-state index contributed by atoms with van der Waals surface area (Å²) in [5, 5.41) is 11.0. The molecule has 0 saturated heterocycles. The van der Waals surface area contributed by atoms with Gasteiger partial charge in [0, 0.05) is 11.3 Å². The zero-order chi connectivity index (χ0) is 13.8. The molecule has 0 aromatic heterocycles. The lowest BCUT2D eigenvalue weighted by atomic mass is 10.2. The van der Waals surface area contributed by atoms with E-state index in [2.05, 4.69) is 5.32 Å². The zero-order valence-electron chi connectivity index (χ0n) is 9.14. The third kappa shape index (κ3) is 4.73. The van der Waals surface area contributed by atoms with Gasteiger partial charge in [0.05, 0.1) is 0 Å². The monoisotopic (exact) mass is 260 g/mol. The molecule has 0 aliphatic heterocycles. The number of nitrogen functional groups attached to an aromatic ring is 1. The van der Waals surface area contributed by atoms with Gasteiger partial charge < -0.3 is 16.4 Å². The van der Waals surface area contributed by atoms with E-state index in [-0.39, 0.29) is 11.5 Å². The van der Waals surface area contributed by atoms with Gasteiger partial charge in [0.25, 0.3) is 0 Å². The summed E-state index contributed by atoms with van der Waals surface area (Å²) < 4.78 is 35.5.